The second kappa shape index (κ2) is 5.51. The second-order valence-corrected chi connectivity index (χ2v) is 6.21. The normalized spacial score (nSPS) is 22.2. The fourth-order valence-corrected chi connectivity index (χ4v) is 3.21. The van der Waals surface area contributed by atoms with E-state index in [9.17, 15) is 9.59 Å². The average Bonchev–Trinajstić information content (AvgIpc) is 3.10. The highest BCUT2D eigenvalue weighted by Crippen LogP contribution is 2.28. The zero-order valence-corrected chi connectivity index (χ0v) is 12.8. The molecule has 0 unspecified atom stereocenters. The van der Waals surface area contributed by atoms with E-state index in [0.717, 1.165) is 31.6 Å². The summed E-state index contributed by atoms with van der Waals surface area (Å²) in [6, 6.07) is 6.05. The number of nitrogens with zero attached hydrogens (tertiary/aromatic N) is 2. The molecule has 2 saturated heterocycles. The summed E-state index contributed by atoms with van der Waals surface area (Å²) in [7, 11) is 0. The molecule has 112 valence electrons. The molecule has 0 spiro atoms. The molecule has 0 aromatic heterocycles. The fraction of sp³-hybridized carbons (Fsp3) is 0.529. The third-order valence-corrected chi connectivity index (χ3v) is 4.69. The van der Waals surface area contributed by atoms with Crippen LogP contribution in [0.5, 0.6) is 0 Å². The Morgan fingerprint density at radius 3 is 2.52 bits per heavy atom. The second-order valence-electron chi connectivity index (χ2n) is 6.21. The molecule has 21 heavy (non-hydrogen) atoms. The number of rotatable bonds is 2. The SMILES string of the molecule is Cc1ccc(N2C[C@@H](C(=O)N3CCCC3)CC2=O)cc1C. The van der Waals surface area contributed by atoms with Gasteiger partial charge in [0.25, 0.3) is 0 Å². The van der Waals surface area contributed by atoms with Gasteiger partial charge in [-0.3, -0.25) is 9.59 Å². The summed E-state index contributed by atoms with van der Waals surface area (Å²) in [5.74, 6) is 0.0557. The van der Waals surface area contributed by atoms with E-state index in [1.165, 1.54) is 11.1 Å². The number of aryl methyl sites for hydroxylation is 2. The van der Waals surface area contributed by atoms with E-state index in [1.807, 2.05) is 30.0 Å². The van der Waals surface area contributed by atoms with Crippen LogP contribution >= 0.6 is 0 Å². The van der Waals surface area contributed by atoms with Gasteiger partial charge < -0.3 is 9.80 Å². The Hall–Kier alpha value is -1.84. The fourth-order valence-electron chi connectivity index (χ4n) is 3.21. The van der Waals surface area contributed by atoms with E-state index in [-0.39, 0.29) is 17.7 Å². The van der Waals surface area contributed by atoms with Gasteiger partial charge in [-0.1, -0.05) is 6.07 Å². The molecule has 2 aliphatic heterocycles. The molecule has 0 N–H and O–H groups in total. The third kappa shape index (κ3) is 2.67. The molecule has 0 radical (unpaired) electrons. The number of anilines is 1. The summed E-state index contributed by atoms with van der Waals surface area (Å²) in [4.78, 5) is 28.4. The predicted octanol–water partition coefficient (Wildman–Crippen LogP) is 2.28. The number of carbonyl (C=O) groups is 2. The molecule has 0 aliphatic carbocycles. The molecule has 0 bridgehead atoms. The number of benzene rings is 1. The van der Waals surface area contributed by atoms with Crippen molar-refractivity contribution < 1.29 is 9.59 Å². The van der Waals surface area contributed by atoms with Gasteiger partial charge in [-0.25, -0.2) is 0 Å². The molecular weight excluding hydrogens is 264 g/mol. The molecule has 4 heteroatoms. The number of likely N-dealkylation sites (tertiary alicyclic amines) is 1. The van der Waals surface area contributed by atoms with Gasteiger partial charge in [0.2, 0.25) is 11.8 Å². The van der Waals surface area contributed by atoms with Crippen LogP contribution < -0.4 is 4.90 Å². The van der Waals surface area contributed by atoms with Crippen LogP contribution in [-0.2, 0) is 9.59 Å². The highest BCUT2D eigenvalue weighted by molar-refractivity contribution is 6.00. The monoisotopic (exact) mass is 286 g/mol. The molecule has 0 saturated carbocycles. The Kier molecular flexibility index (Phi) is 3.70. The van der Waals surface area contributed by atoms with Crippen LogP contribution in [0.15, 0.2) is 18.2 Å². The minimum absolute atomic E-state index is 0.0656. The Balaban J connectivity index is 1.74. The number of amides is 2. The molecule has 2 heterocycles. The summed E-state index contributed by atoms with van der Waals surface area (Å²) < 4.78 is 0. The predicted molar refractivity (Wildman–Crippen MR) is 82.2 cm³/mol. The molecule has 1 aromatic carbocycles. The molecule has 4 nitrogen and oxygen atoms in total. The van der Waals surface area contributed by atoms with Crippen LogP contribution in [0.1, 0.15) is 30.4 Å². The van der Waals surface area contributed by atoms with Crippen molar-refractivity contribution in [3.8, 4) is 0 Å². The van der Waals surface area contributed by atoms with Crippen molar-refractivity contribution in [1.82, 2.24) is 4.90 Å². The minimum atomic E-state index is -0.169. The zero-order valence-electron chi connectivity index (χ0n) is 12.8. The number of hydrogen-bond donors (Lipinski definition) is 0. The summed E-state index contributed by atoms with van der Waals surface area (Å²) in [5.41, 5.74) is 3.31. The van der Waals surface area contributed by atoms with Crippen molar-refractivity contribution in [2.45, 2.75) is 33.1 Å². The van der Waals surface area contributed by atoms with Crippen molar-refractivity contribution in [3.63, 3.8) is 0 Å². The first-order valence-corrected chi connectivity index (χ1v) is 7.72. The first-order chi connectivity index (χ1) is 10.1. The van der Waals surface area contributed by atoms with E-state index in [1.54, 1.807) is 4.90 Å². The van der Waals surface area contributed by atoms with Crippen molar-refractivity contribution in [3.05, 3.63) is 29.3 Å². The molecule has 2 fully saturated rings. The maximum atomic E-state index is 12.4. The Morgan fingerprint density at radius 2 is 1.86 bits per heavy atom. The van der Waals surface area contributed by atoms with Crippen LogP contribution in [0.25, 0.3) is 0 Å². The van der Waals surface area contributed by atoms with E-state index in [2.05, 4.69) is 6.92 Å². The minimum Gasteiger partial charge on any atom is -0.342 e. The highest BCUT2D eigenvalue weighted by atomic mass is 16.2. The lowest BCUT2D eigenvalue weighted by atomic mass is 10.1. The largest absolute Gasteiger partial charge is 0.342 e. The average molecular weight is 286 g/mol. The number of carbonyl (C=O) groups excluding carboxylic acids is 2. The van der Waals surface area contributed by atoms with Crippen molar-refractivity contribution in [1.29, 1.82) is 0 Å². The van der Waals surface area contributed by atoms with Crippen molar-refractivity contribution >= 4 is 17.5 Å². The van der Waals surface area contributed by atoms with Crippen molar-refractivity contribution in [2.75, 3.05) is 24.5 Å². The summed E-state index contributed by atoms with van der Waals surface area (Å²) in [6.45, 7) is 6.34. The number of hydrogen-bond acceptors (Lipinski definition) is 2. The van der Waals surface area contributed by atoms with Crippen LogP contribution in [0.2, 0.25) is 0 Å². The van der Waals surface area contributed by atoms with Crippen LogP contribution in [0, 0.1) is 19.8 Å². The van der Waals surface area contributed by atoms with Crippen LogP contribution in [-0.4, -0.2) is 36.3 Å². The van der Waals surface area contributed by atoms with Crippen molar-refractivity contribution in [2.24, 2.45) is 5.92 Å². The maximum absolute atomic E-state index is 12.4. The lowest BCUT2D eigenvalue weighted by Gasteiger charge is -2.21. The first-order valence-electron chi connectivity index (χ1n) is 7.72. The lowest BCUT2D eigenvalue weighted by Crippen LogP contribution is -2.35. The molecule has 1 atom stereocenters. The molecule has 3 rings (SSSR count). The molecule has 1 aromatic rings. The maximum Gasteiger partial charge on any atom is 0.228 e. The van der Waals surface area contributed by atoms with Gasteiger partial charge in [-0.2, -0.15) is 0 Å². The summed E-state index contributed by atoms with van der Waals surface area (Å²) in [6.07, 6.45) is 2.53. The van der Waals surface area contributed by atoms with E-state index >= 15 is 0 Å². The standard InChI is InChI=1S/C17H22N2O2/c1-12-5-6-15(9-13(12)2)19-11-14(10-16(19)20)17(21)18-7-3-4-8-18/h5-6,9,14H,3-4,7-8,10-11H2,1-2H3/t14-/m0/s1. The lowest BCUT2D eigenvalue weighted by molar-refractivity contribution is -0.134. The van der Waals surface area contributed by atoms with Gasteiger partial charge in [-0.05, 0) is 49.9 Å². The van der Waals surface area contributed by atoms with Crippen LogP contribution in [0.3, 0.4) is 0 Å². The summed E-state index contributed by atoms with van der Waals surface area (Å²) >= 11 is 0. The van der Waals surface area contributed by atoms with E-state index < -0.39 is 0 Å². The first kappa shape index (κ1) is 14.1. The topological polar surface area (TPSA) is 40.6 Å². The highest BCUT2D eigenvalue weighted by Gasteiger charge is 2.37. The van der Waals surface area contributed by atoms with Crippen LogP contribution in [0.4, 0.5) is 5.69 Å². The van der Waals surface area contributed by atoms with Gasteiger partial charge in [-0.15, -0.1) is 0 Å². The van der Waals surface area contributed by atoms with Gasteiger partial charge in [0.1, 0.15) is 0 Å². The Morgan fingerprint density at radius 1 is 1.14 bits per heavy atom. The van der Waals surface area contributed by atoms with E-state index in [4.69, 9.17) is 0 Å². The molecular formula is C17H22N2O2. The van der Waals surface area contributed by atoms with Gasteiger partial charge >= 0.3 is 0 Å². The van der Waals surface area contributed by atoms with Gasteiger partial charge in [0.15, 0.2) is 0 Å². The molecule has 2 amide bonds. The molecule has 2 aliphatic rings. The zero-order chi connectivity index (χ0) is 15.0. The van der Waals surface area contributed by atoms with E-state index in [0.29, 0.717) is 13.0 Å². The van der Waals surface area contributed by atoms with Gasteiger partial charge in [0, 0.05) is 31.7 Å². The summed E-state index contributed by atoms with van der Waals surface area (Å²) in [5, 5.41) is 0. The third-order valence-electron chi connectivity index (χ3n) is 4.69. The smallest absolute Gasteiger partial charge is 0.228 e. The quantitative estimate of drug-likeness (QED) is 0.837. The van der Waals surface area contributed by atoms with Gasteiger partial charge in [0.05, 0.1) is 5.92 Å². The Bertz CT molecular complexity index is 576. The Labute approximate surface area is 125 Å².